The van der Waals surface area contributed by atoms with E-state index >= 15 is 0 Å². The van der Waals surface area contributed by atoms with Crippen molar-refractivity contribution in [3.8, 4) is 0 Å². The third-order valence-corrected chi connectivity index (χ3v) is 3.87. The van der Waals surface area contributed by atoms with E-state index in [0.29, 0.717) is 19.6 Å². The SMILES string of the molecule is CNC(C)C(O)C(C)CC(=O)ON1CCn2cnnc2C1. The lowest BCUT2D eigenvalue weighted by atomic mass is 9.96. The molecule has 0 aliphatic carbocycles. The summed E-state index contributed by atoms with van der Waals surface area (Å²) in [5.74, 6) is 0.275. The number of fused-ring (bicyclic) bond motifs is 1. The number of rotatable bonds is 6. The molecule has 1 aliphatic heterocycles. The molecule has 0 spiro atoms. The maximum absolute atomic E-state index is 11.9. The van der Waals surface area contributed by atoms with Gasteiger partial charge in [0.25, 0.3) is 0 Å². The highest BCUT2D eigenvalue weighted by Crippen LogP contribution is 2.15. The molecule has 3 unspecified atom stereocenters. The molecule has 8 heteroatoms. The lowest BCUT2D eigenvalue weighted by Crippen LogP contribution is -2.41. The van der Waals surface area contributed by atoms with E-state index < -0.39 is 6.10 Å². The van der Waals surface area contributed by atoms with Crippen molar-refractivity contribution in [2.75, 3.05) is 13.6 Å². The van der Waals surface area contributed by atoms with Crippen LogP contribution in [0.5, 0.6) is 0 Å². The molecule has 0 radical (unpaired) electrons. The second-order valence-corrected chi connectivity index (χ2v) is 5.52. The molecule has 118 valence electrons. The Labute approximate surface area is 124 Å². The van der Waals surface area contributed by atoms with Crippen molar-refractivity contribution >= 4 is 5.97 Å². The van der Waals surface area contributed by atoms with E-state index in [4.69, 9.17) is 4.84 Å². The normalized spacial score (nSPS) is 19.6. The predicted octanol–water partition coefficient (Wildman–Crippen LogP) is -0.453. The molecule has 0 aromatic carbocycles. The lowest BCUT2D eigenvalue weighted by molar-refractivity contribution is -0.199. The number of aliphatic hydroxyl groups excluding tert-OH is 1. The number of aromatic nitrogens is 3. The molecule has 1 aliphatic rings. The summed E-state index contributed by atoms with van der Waals surface area (Å²) >= 11 is 0. The molecule has 1 aromatic heterocycles. The summed E-state index contributed by atoms with van der Waals surface area (Å²) in [5, 5.41) is 22.4. The smallest absolute Gasteiger partial charge is 0.325 e. The van der Waals surface area contributed by atoms with E-state index in [1.165, 1.54) is 0 Å². The standard InChI is InChI=1S/C13H23N5O3/c1-9(13(20)10(2)14-3)6-12(19)21-18-5-4-17-8-15-16-11(17)7-18/h8-10,13-14,20H,4-7H2,1-3H3. The molecule has 0 saturated heterocycles. The van der Waals surface area contributed by atoms with Crippen LogP contribution in [0.3, 0.4) is 0 Å². The minimum absolute atomic E-state index is 0.0682. The molecule has 2 N–H and O–H groups in total. The molecular formula is C13H23N5O3. The number of carbonyl (C=O) groups is 1. The number of aliphatic hydroxyl groups is 1. The largest absolute Gasteiger partial charge is 0.391 e. The van der Waals surface area contributed by atoms with Gasteiger partial charge >= 0.3 is 5.97 Å². The van der Waals surface area contributed by atoms with Gasteiger partial charge in [0, 0.05) is 12.6 Å². The first-order valence-corrected chi connectivity index (χ1v) is 7.19. The van der Waals surface area contributed by atoms with E-state index in [1.54, 1.807) is 18.4 Å². The van der Waals surface area contributed by atoms with E-state index in [2.05, 4.69) is 15.5 Å². The van der Waals surface area contributed by atoms with Crippen LogP contribution >= 0.6 is 0 Å². The average molecular weight is 297 g/mol. The Morgan fingerprint density at radius 2 is 2.29 bits per heavy atom. The average Bonchev–Trinajstić information content (AvgIpc) is 2.92. The molecular weight excluding hydrogens is 274 g/mol. The van der Waals surface area contributed by atoms with Crippen molar-refractivity contribution in [2.45, 2.75) is 45.5 Å². The van der Waals surface area contributed by atoms with Crippen LogP contribution in [0.15, 0.2) is 6.33 Å². The highest BCUT2D eigenvalue weighted by molar-refractivity contribution is 5.69. The number of hydrogen-bond acceptors (Lipinski definition) is 7. The molecule has 21 heavy (non-hydrogen) atoms. The molecule has 0 amide bonds. The highest BCUT2D eigenvalue weighted by Gasteiger charge is 2.25. The Hall–Kier alpha value is -1.51. The van der Waals surface area contributed by atoms with Gasteiger partial charge in [0.1, 0.15) is 6.33 Å². The van der Waals surface area contributed by atoms with Crippen molar-refractivity contribution < 1.29 is 14.7 Å². The minimum Gasteiger partial charge on any atom is -0.391 e. The van der Waals surface area contributed by atoms with E-state index in [1.807, 2.05) is 18.4 Å². The molecule has 8 nitrogen and oxygen atoms in total. The fourth-order valence-electron chi connectivity index (χ4n) is 2.35. The van der Waals surface area contributed by atoms with Crippen molar-refractivity contribution in [1.29, 1.82) is 0 Å². The van der Waals surface area contributed by atoms with Crippen LogP contribution in [0.25, 0.3) is 0 Å². The number of nitrogens with one attached hydrogen (secondary N) is 1. The summed E-state index contributed by atoms with van der Waals surface area (Å²) in [7, 11) is 1.78. The molecule has 3 atom stereocenters. The molecule has 0 saturated carbocycles. The van der Waals surface area contributed by atoms with Crippen LogP contribution in [0, 0.1) is 5.92 Å². The summed E-state index contributed by atoms with van der Waals surface area (Å²) in [4.78, 5) is 17.3. The summed E-state index contributed by atoms with van der Waals surface area (Å²) < 4.78 is 1.94. The summed E-state index contributed by atoms with van der Waals surface area (Å²) in [5.41, 5.74) is 0. The summed E-state index contributed by atoms with van der Waals surface area (Å²) in [6.45, 7) is 5.47. The van der Waals surface area contributed by atoms with Gasteiger partial charge in [-0.05, 0) is 19.9 Å². The van der Waals surface area contributed by atoms with Gasteiger partial charge in [0.2, 0.25) is 0 Å². The number of hydrogen-bond donors (Lipinski definition) is 2. The van der Waals surface area contributed by atoms with Crippen molar-refractivity contribution in [3.05, 3.63) is 12.2 Å². The van der Waals surface area contributed by atoms with Crippen LogP contribution in [0.1, 0.15) is 26.1 Å². The first-order chi connectivity index (χ1) is 10.0. The third kappa shape index (κ3) is 3.99. The Morgan fingerprint density at radius 3 is 3.00 bits per heavy atom. The highest BCUT2D eigenvalue weighted by atomic mass is 16.7. The Kier molecular flexibility index (Phi) is 5.27. The molecule has 0 fully saturated rings. The topological polar surface area (TPSA) is 92.5 Å². The Morgan fingerprint density at radius 1 is 1.52 bits per heavy atom. The first-order valence-electron chi connectivity index (χ1n) is 7.19. The van der Waals surface area contributed by atoms with Gasteiger partial charge in [-0.3, -0.25) is 4.79 Å². The molecule has 2 rings (SSSR count). The van der Waals surface area contributed by atoms with Crippen molar-refractivity contribution in [3.63, 3.8) is 0 Å². The van der Waals surface area contributed by atoms with Crippen LogP contribution in [-0.2, 0) is 22.7 Å². The second kappa shape index (κ2) is 6.97. The summed E-state index contributed by atoms with van der Waals surface area (Å²) in [6.07, 6.45) is 1.26. The van der Waals surface area contributed by atoms with Gasteiger partial charge < -0.3 is 19.8 Å². The van der Waals surface area contributed by atoms with Crippen LogP contribution in [0.4, 0.5) is 0 Å². The number of carbonyl (C=O) groups excluding carboxylic acids is 1. The maximum Gasteiger partial charge on any atom is 0.325 e. The third-order valence-electron chi connectivity index (χ3n) is 3.87. The fourth-order valence-corrected chi connectivity index (χ4v) is 2.35. The minimum atomic E-state index is -0.591. The van der Waals surface area contributed by atoms with E-state index in [0.717, 1.165) is 5.82 Å². The fraction of sp³-hybridized carbons (Fsp3) is 0.769. The predicted molar refractivity (Wildman–Crippen MR) is 74.8 cm³/mol. The number of nitrogens with zero attached hydrogens (tertiary/aromatic N) is 4. The zero-order valence-electron chi connectivity index (χ0n) is 12.7. The zero-order valence-corrected chi connectivity index (χ0v) is 12.7. The van der Waals surface area contributed by atoms with Crippen molar-refractivity contribution in [1.82, 2.24) is 25.1 Å². The van der Waals surface area contributed by atoms with Crippen molar-refractivity contribution in [2.24, 2.45) is 5.92 Å². The van der Waals surface area contributed by atoms with Crippen LogP contribution in [0.2, 0.25) is 0 Å². The Bertz CT molecular complexity index is 478. The van der Waals surface area contributed by atoms with Gasteiger partial charge in [-0.2, -0.15) is 0 Å². The monoisotopic (exact) mass is 297 g/mol. The molecule has 2 heterocycles. The number of hydroxylamine groups is 2. The first kappa shape index (κ1) is 15.9. The molecule has 0 bridgehead atoms. The second-order valence-electron chi connectivity index (χ2n) is 5.52. The lowest BCUT2D eigenvalue weighted by Gasteiger charge is -2.27. The quantitative estimate of drug-likeness (QED) is 0.734. The van der Waals surface area contributed by atoms with Gasteiger partial charge in [-0.15, -0.1) is 15.3 Å². The van der Waals surface area contributed by atoms with Gasteiger partial charge in [0.05, 0.1) is 25.6 Å². The van der Waals surface area contributed by atoms with E-state index in [-0.39, 0.29) is 24.3 Å². The number of likely N-dealkylation sites (N-methyl/N-ethyl adjacent to an activating group) is 1. The van der Waals surface area contributed by atoms with E-state index in [9.17, 15) is 9.90 Å². The van der Waals surface area contributed by atoms with Gasteiger partial charge in [-0.1, -0.05) is 6.92 Å². The van der Waals surface area contributed by atoms with Gasteiger partial charge in [-0.25, -0.2) is 0 Å². The Balaban J connectivity index is 1.80. The maximum atomic E-state index is 11.9. The van der Waals surface area contributed by atoms with Crippen LogP contribution in [-0.4, -0.2) is 56.6 Å². The van der Waals surface area contributed by atoms with Crippen LogP contribution < -0.4 is 5.32 Å². The molecule has 1 aromatic rings. The zero-order chi connectivity index (χ0) is 15.4. The van der Waals surface area contributed by atoms with Gasteiger partial charge in [0.15, 0.2) is 5.82 Å². The summed E-state index contributed by atoms with van der Waals surface area (Å²) in [6, 6.07) is -0.0682.